The Morgan fingerprint density at radius 3 is 2.79 bits per heavy atom. The van der Waals surface area contributed by atoms with E-state index in [4.69, 9.17) is 9.47 Å². The fourth-order valence-electron chi connectivity index (χ4n) is 3.12. The van der Waals surface area contributed by atoms with E-state index < -0.39 is 5.60 Å². The molecule has 0 unspecified atom stereocenters. The molecule has 130 valence electrons. The highest BCUT2D eigenvalue weighted by Crippen LogP contribution is 2.36. The van der Waals surface area contributed by atoms with Crippen LogP contribution in [-0.4, -0.2) is 40.2 Å². The third-order valence-corrected chi connectivity index (χ3v) is 4.16. The van der Waals surface area contributed by atoms with Crippen LogP contribution in [0.2, 0.25) is 0 Å². The molecule has 24 heavy (non-hydrogen) atoms. The molecule has 1 amide bonds. The number of nitrogens with one attached hydrogen (secondary N) is 1. The van der Waals surface area contributed by atoms with Crippen LogP contribution in [0.15, 0.2) is 18.2 Å². The third-order valence-electron chi connectivity index (χ3n) is 4.16. The number of imidazole rings is 1. The number of rotatable bonds is 2. The van der Waals surface area contributed by atoms with Crippen molar-refractivity contribution in [3.05, 3.63) is 24.0 Å². The first kappa shape index (κ1) is 16.6. The van der Waals surface area contributed by atoms with Gasteiger partial charge >= 0.3 is 6.09 Å². The molecule has 0 aliphatic carbocycles. The highest BCUT2D eigenvalue weighted by Gasteiger charge is 2.38. The second-order valence-electron chi connectivity index (χ2n) is 7.49. The molecule has 0 radical (unpaired) electrons. The average Bonchev–Trinajstić information content (AvgIpc) is 3.07. The average molecular weight is 331 g/mol. The summed E-state index contributed by atoms with van der Waals surface area (Å²) in [5, 5.41) is 0. The standard InChI is InChI=1S/C18H25N3O3/c1-11-8-15(21(10-11)17(22)24-18(2,3)4)16-19-13-7-6-12(23-5)9-14(13)20-16/h6-7,9,11,15H,8,10H2,1-5H3,(H,19,20)/t11-,15+/m1/s1. The quantitative estimate of drug-likeness (QED) is 0.906. The number of amides is 1. The molecule has 2 aromatic rings. The molecule has 2 heterocycles. The topological polar surface area (TPSA) is 67.4 Å². The van der Waals surface area contributed by atoms with Gasteiger partial charge in [0.2, 0.25) is 0 Å². The predicted molar refractivity (Wildman–Crippen MR) is 92.1 cm³/mol. The van der Waals surface area contributed by atoms with Crippen molar-refractivity contribution in [2.45, 2.75) is 45.8 Å². The first-order valence-corrected chi connectivity index (χ1v) is 8.30. The third kappa shape index (κ3) is 3.32. The summed E-state index contributed by atoms with van der Waals surface area (Å²) in [6.45, 7) is 8.47. The highest BCUT2D eigenvalue weighted by atomic mass is 16.6. The van der Waals surface area contributed by atoms with Crippen molar-refractivity contribution >= 4 is 17.1 Å². The number of carbonyl (C=O) groups is 1. The second-order valence-corrected chi connectivity index (χ2v) is 7.49. The van der Waals surface area contributed by atoms with Crippen molar-refractivity contribution in [2.75, 3.05) is 13.7 Å². The zero-order valence-electron chi connectivity index (χ0n) is 14.9. The summed E-state index contributed by atoms with van der Waals surface area (Å²) in [7, 11) is 1.64. The molecule has 1 aliphatic heterocycles. The molecule has 1 aromatic heterocycles. The largest absolute Gasteiger partial charge is 0.497 e. The minimum absolute atomic E-state index is 0.0896. The number of likely N-dealkylation sites (tertiary alicyclic amines) is 1. The molecule has 0 spiro atoms. The van der Waals surface area contributed by atoms with Crippen LogP contribution in [0.5, 0.6) is 5.75 Å². The Bertz CT molecular complexity index is 748. The minimum Gasteiger partial charge on any atom is -0.497 e. The summed E-state index contributed by atoms with van der Waals surface area (Å²) < 4.78 is 10.8. The van der Waals surface area contributed by atoms with E-state index in [1.54, 1.807) is 12.0 Å². The highest BCUT2D eigenvalue weighted by molar-refractivity contribution is 5.77. The summed E-state index contributed by atoms with van der Waals surface area (Å²) in [5.41, 5.74) is 1.27. The first-order chi connectivity index (χ1) is 11.3. The van der Waals surface area contributed by atoms with Crippen molar-refractivity contribution in [1.82, 2.24) is 14.9 Å². The number of H-pyrrole nitrogens is 1. The lowest BCUT2D eigenvalue weighted by Gasteiger charge is -2.27. The van der Waals surface area contributed by atoms with Gasteiger partial charge in [-0.3, -0.25) is 4.90 Å². The molecule has 3 rings (SSSR count). The van der Waals surface area contributed by atoms with E-state index in [1.807, 2.05) is 39.0 Å². The zero-order valence-corrected chi connectivity index (χ0v) is 14.9. The minimum atomic E-state index is -0.505. The van der Waals surface area contributed by atoms with Gasteiger partial charge in [0, 0.05) is 12.6 Å². The molecule has 0 saturated carbocycles. The number of hydrogen-bond acceptors (Lipinski definition) is 4. The summed E-state index contributed by atoms with van der Waals surface area (Å²) in [6.07, 6.45) is 0.589. The van der Waals surface area contributed by atoms with Gasteiger partial charge < -0.3 is 14.5 Å². The molecule has 1 fully saturated rings. The lowest BCUT2D eigenvalue weighted by atomic mass is 10.1. The fourth-order valence-corrected chi connectivity index (χ4v) is 3.12. The second kappa shape index (κ2) is 6.00. The number of hydrogen-bond donors (Lipinski definition) is 1. The molecule has 0 bridgehead atoms. The smallest absolute Gasteiger partial charge is 0.410 e. The van der Waals surface area contributed by atoms with Crippen molar-refractivity contribution < 1.29 is 14.3 Å². The van der Waals surface area contributed by atoms with Gasteiger partial charge in [-0.05, 0) is 45.2 Å². The number of methoxy groups -OCH3 is 1. The molecule has 2 atom stereocenters. The Morgan fingerprint density at radius 2 is 2.12 bits per heavy atom. The van der Waals surface area contributed by atoms with E-state index >= 15 is 0 Å². The summed E-state index contributed by atoms with van der Waals surface area (Å²) in [4.78, 5) is 22.3. The Labute approximate surface area is 142 Å². The number of aromatic amines is 1. The maximum atomic E-state index is 12.5. The molecule has 6 nitrogen and oxygen atoms in total. The van der Waals surface area contributed by atoms with Gasteiger partial charge in [0.05, 0.1) is 24.2 Å². The Balaban J connectivity index is 1.89. The summed E-state index contributed by atoms with van der Waals surface area (Å²) in [6, 6.07) is 5.63. The van der Waals surface area contributed by atoms with Crippen molar-refractivity contribution in [1.29, 1.82) is 0 Å². The maximum absolute atomic E-state index is 12.5. The van der Waals surface area contributed by atoms with E-state index in [9.17, 15) is 4.79 Å². The first-order valence-electron chi connectivity index (χ1n) is 8.30. The van der Waals surface area contributed by atoms with Gasteiger partial charge in [0.25, 0.3) is 0 Å². The lowest BCUT2D eigenvalue weighted by molar-refractivity contribution is 0.0215. The normalized spacial score (nSPS) is 21.3. The summed E-state index contributed by atoms with van der Waals surface area (Å²) in [5.74, 6) is 1.99. The SMILES string of the molecule is COc1ccc2nc([C@@H]3C[C@@H](C)CN3C(=O)OC(C)(C)C)[nH]c2c1. The monoisotopic (exact) mass is 331 g/mol. The molecular weight excluding hydrogens is 306 g/mol. The maximum Gasteiger partial charge on any atom is 0.410 e. The Morgan fingerprint density at radius 1 is 1.38 bits per heavy atom. The van der Waals surface area contributed by atoms with Crippen LogP contribution < -0.4 is 4.74 Å². The molecular formula is C18H25N3O3. The lowest BCUT2D eigenvalue weighted by Crippen LogP contribution is -2.37. The Kier molecular flexibility index (Phi) is 4.15. The number of carbonyl (C=O) groups excluding carboxylic acids is 1. The predicted octanol–water partition coefficient (Wildman–Crippen LogP) is 3.89. The van der Waals surface area contributed by atoms with Gasteiger partial charge in [-0.1, -0.05) is 6.92 Å². The number of benzene rings is 1. The Hall–Kier alpha value is -2.24. The van der Waals surface area contributed by atoms with Crippen LogP contribution in [-0.2, 0) is 4.74 Å². The van der Waals surface area contributed by atoms with E-state index in [1.165, 1.54) is 0 Å². The van der Waals surface area contributed by atoms with Gasteiger partial charge in [0.15, 0.2) is 0 Å². The van der Waals surface area contributed by atoms with Crippen molar-refractivity contribution in [3.8, 4) is 5.75 Å². The molecule has 1 aromatic carbocycles. The van der Waals surface area contributed by atoms with Crippen LogP contribution in [0, 0.1) is 5.92 Å². The molecule has 1 aliphatic rings. The van der Waals surface area contributed by atoms with Gasteiger partial charge in [-0.25, -0.2) is 9.78 Å². The van der Waals surface area contributed by atoms with Crippen LogP contribution >= 0.6 is 0 Å². The number of fused-ring (bicyclic) bond motifs is 1. The van der Waals surface area contributed by atoms with Crippen molar-refractivity contribution in [2.24, 2.45) is 5.92 Å². The van der Waals surface area contributed by atoms with E-state index in [0.29, 0.717) is 12.5 Å². The van der Waals surface area contributed by atoms with Crippen LogP contribution in [0.1, 0.15) is 46.0 Å². The van der Waals surface area contributed by atoms with Gasteiger partial charge in [0.1, 0.15) is 17.2 Å². The van der Waals surface area contributed by atoms with Gasteiger partial charge in [-0.2, -0.15) is 0 Å². The van der Waals surface area contributed by atoms with Crippen LogP contribution in [0.4, 0.5) is 4.79 Å². The van der Waals surface area contributed by atoms with E-state index in [2.05, 4.69) is 16.9 Å². The van der Waals surface area contributed by atoms with Crippen molar-refractivity contribution in [3.63, 3.8) is 0 Å². The van der Waals surface area contributed by atoms with E-state index in [0.717, 1.165) is 29.0 Å². The zero-order chi connectivity index (χ0) is 17.5. The number of ether oxygens (including phenoxy) is 2. The molecule has 1 saturated heterocycles. The van der Waals surface area contributed by atoms with Gasteiger partial charge in [-0.15, -0.1) is 0 Å². The number of aromatic nitrogens is 2. The van der Waals surface area contributed by atoms with Crippen LogP contribution in [0.3, 0.4) is 0 Å². The molecule has 1 N–H and O–H groups in total. The van der Waals surface area contributed by atoms with Crippen LogP contribution in [0.25, 0.3) is 11.0 Å². The van der Waals surface area contributed by atoms with E-state index in [-0.39, 0.29) is 12.1 Å². The summed E-state index contributed by atoms with van der Waals surface area (Å²) >= 11 is 0. The number of nitrogens with zero attached hydrogens (tertiary/aromatic N) is 2. The fraction of sp³-hybridized carbons (Fsp3) is 0.556. The molecule has 6 heteroatoms.